The molecule has 0 unspecified atom stereocenters. The van der Waals surface area contributed by atoms with Gasteiger partial charge in [-0.05, 0) is 48.4 Å². The highest BCUT2D eigenvalue weighted by Crippen LogP contribution is 2.27. The van der Waals surface area contributed by atoms with Crippen LogP contribution in [-0.4, -0.2) is 33.1 Å². The molecule has 3 aromatic rings. The summed E-state index contributed by atoms with van der Waals surface area (Å²) in [4.78, 5) is 12.7. The fourth-order valence-corrected chi connectivity index (χ4v) is 3.12. The minimum Gasteiger partial charge on any atom is -0.493 e. The summed E-state index contributed by atoms with van der Waals surface area (Å²) >= 11 is 0. The lowest BCUT2D eigenvalue weighted by atomic mass is 10.1. The third kappa shape index (κ3) is 5.84. The van der Waals surface area contributed by atoms with E-state index in [0.29, 0.717) is 36.0 Å². The van der Waals surface area contributed by atoms with Crippen LogP contribution < -0.4 is 19.5 Å². The lowest BCUT2D eigenvalue weighted by molar-refractivity contribution is 0.0987. The van der Waals surface area contributed by atoms with E-state index in [9.17, 15) is 4.79 Å². The second-order valence-corrected chi connectivity index (χ2v) is 6.81. The maximum Gasteiger partial charge on any atom is 0.180 e. The van der Waals surface area contributed by atoms with E-state index in [0.717, 1.165) is 17.5 Å². The van der Waals surface area contributed by atoms with Gasteiger partial charge in [-0.3, -0.25) is 4.79 Å². The smallest absolute Gasteiger partial charge is 0.180 e. The first-order valence-electron chi connectivity index (χ1n) is 9.92. The number of benzene rings is 3. The number of rotatable bonds is 11. The summed E-state index contributed by atoms with van der Waals surface area (Å²) in [5.41, 5.74) is 2.76. The molecular weight excluding hydrogens is 378 g/mol. The molecule has 0 saturated heterocycles. The topological polar surface area (TPSA) is 56.8 Å². The van der Waals surface area contributed by atoms with Crippen molar-refractivity contribution in [2.24, 2.45) is 0 Å². The molecule has 0 heterocycles. The third-order valence-corrected chi connectivity index (χ3v) is 4.75. The van der Waals surface area contributed by atoms with Crippen molar-refractivity contribution < 1.29 is 19.0 Å². The number of carbonyl (C=O) groups excluding carboxylic acids is 1. The second-order valence-electron chi connectivity index (χ2n) is 6.81. The largest absolute Gasteiger partial charge is 0.493 e. The summed E-state index contributed by atoms with van der Waals surface area (Å²) in [7, 11) is 3.24. The molecule has 1 N–H and O–H groups in total. The lowest BCUT2D eigenvalue weighted by Gasteiger charge is -2.12. The van der Waals surface area contributed by atoms with Crippen molar-refractivity contribution in [2.75, 3.05) is 27.3 Å². The summed E-state index contributed by atoms with van der Waals surface area (Å²) in [5.74, 6) is 2.02. The van der Waals surface area contributed by atoms with Crippen LogP contribution in [0, 0.1) is 0 Å². The number of hydrogen-bond acceptors (Lipinski definition) is 5. The Bertz CT molecular complexity index is 956. The Morgan fingerprint density at radius 2 is 1.53 bits per heavy atom. The average molecular weight is 405 g/mol. The second kappa shape index (κ2) is 11.0. The minimum absolute atomic E-state index is 0.00553. The maximum absolute atomic E-state index is 12.7. The first-order chi connectivity index (χ1) is 14.7. The predicted molar refractivity (Wildman–Crippen MR) is 118 cm³/mol. The molecule has 0 aliphatic rings. The van der Waals surface area contributed by atoms with Crippen molar-refractivity contribution >= 4 is 5.78 Å². The van der Waals surface area contributed by atoms with Crippen molar-refractivity contribution in [1.82, 2.24) is 5.32 Å². The first-order valence-corrected chi connectivity index (χ1v) is 9.92. The van der Waals surface area contributed by atoms with Gasteiger partial charge in [0.1, 0.15) is 12.4 Å². The molecule has 0 fully saturated rings. The number of carbonyl (C=O) groups is 1. The molecule has 156 valence electrons. The monoisotopic (exact) mass is 405 g/mol. The van der Waals surface area contributed by atoms with E-state index in [-0.39, 0.29) is 12.3 Å². The number of para-hydroxylation sites is 1. The zero-order valence-electron chi connectivity index (χ0n) is 17.4. The molecule has 0 bridgehead atoms. The van der Waals surface area contributed by atoms with Crippen molar-refractivity contribution in [1.29, 1.82) is 0 Å². The minimum atomic E-state index is 0.00553. The van der Waals surface area contributed by atoms with Crippen LogP contribution in [0.15, 0.2) is 72.8 Å². The van der Waals surface area contributed by atoms with Gasteiger partial charge in [-0.1, -0.05) is 48.5 Å². The summed E-state index contributed by atoms with van der Waals surface area (Å²) in [6, 6.07) is 23.1. The number of hydrogen-bond donors (Lipinski definition) is 1. The fourth-order valence-electron chi connectivity index (χ4n) is 3.12. The van der Waals surface area contributed by atoms with Crippen LogP contribution >= 0.6 is 0 Å². The van der Waals surface area contributed by atoms with Crippen LogP contribution in [0.5, 0.6) is 17.2 Å². The van der Waals surface area contributed by atoms with E-state index in [1.807, 2.05) is 66.7 Å². The van der Waals surface area contributed by atoms with E-state index in [4.69, 9.17) is 14.2 Å². The molecular formula is C25H27NO4. The Morgan fingerprint density at radius 1 is 0.800 bits per heavy atom. The third-order valence-electron chi connectivity index (χ3n) is 4.75. The van der Waals surface area contributed by atoms with Gasteiger partial charge in [0.2, 0.25) is 0 Å². The predicted octanol–water partition coefficient (Wildman–Crippen LogP) is 4.30. The first kappa shape index (κ1) is 21.4. The van der Waals surface area contributed by atoms with Crippen molar-refractivity contribution in [2.45, 2.75) is 13.0 Å². The Hall–Kier alpha value is -3.31. The molecule has 0 spiro atoms. The zero-order valence-corrected chi connectivity index (χ0v) is 17.4. The van der Waals surface area contributed by atoms with Crippen LogP contribution in [0.1, 0.15) is 21.5 Å². The van der Waals surface area contributed by atoms with Crippen LogP contribution in [0.3, 0.4) is 0 Å². The molecule has 0 saturated carbocycles. The van der Waals surface area contributed by atoms with Gasteiger partial charge in [0, 0.05) is 0 Å². The molecule has 3 aromatic carbocycles. The quantitative estimate of drug-likeness (QED) is 0.381. The summed E-state index contributed by atoms with van der Waals surface area (Å²) in [5, 5.41) is 3.22. The summed E-state index contributed by atoms with van der Waals surface area (Å²) in [6.45, 7) is 1.35. The van der Waals surface area contributed by atoms with Gasteiger partial charge >= 0.3 is 0 Å². The molecule has 0 atom stereocenters. The normalized spacial score (nSPS) is 10.5. The molecule has 30 heavy (non-hydrogen) atoms. The molecule has 3 rings (SSSR count). The Labute approximate surface area is 177 Å². The van der Waals surface area contributed by atoms with E-state index < -0.39 is 0 Å². The maximum atomic E-state index is 12.7. The average Bonchev–Trinajstić information content (AvgIpc) is 2.81. The standard InChI is InChI=1S/C25H27NO4/c1-28-24-13-12-19(16-25(24)29-2)14-15-26-17-22(27)21-10-6-7-11-23(21)30-18-20-8-4-3-5-9-20/h3-13,16,26H,14-15,17-18H2,1-2H3. The molecule has 0 amide bonds. The summed E-state index contributed by atoms with van der Waals surface area (Å²) in [6.07, 6.45) is 0.778. The van der Waals surface area contributed by atoms with Crippen LogP contribution in [-0.2, 0) is 13.0 Å². The van der Waals surface area contributed by atoms with Crippen molar-refractivity contribution in [3.63, 3.8) is 0 Å². The SMILES string of the molecule is COc1ccc(CCNCC(=O)c2ccccc2OCc2ccccc2)cc1OC. The molecule has 5 nitrogen and oxygen atoms in total. The Balaban J connectivity index is 1.51. The Kier molecular flexibility index (Phi) is 7.86. The highest BCUT2D eigenvalue weighted by molar-refractivity contribution is 6.00. The highest BCUT2D eigenvalue weighted by Gasteiger charge is 2.12. The number of nitrogens with one attached hydrogen (secondary N) is 1. The van der Waals surface area contributed by atoms with Gasteiger partial charge in [-0.25, -0.2) is 0 Å². The number of ketones is 1. The molecule has 0 aliphatic carbocycles. The van der Waals surface area contributed by atoms with Gasteiger partial charge in [-0.15, -0.1) is 0 Å². The van der Waals surface area contributed by atoms with E-state index in [1.54, 1.807) is 20.3 Å². The number of Topliss-reactive ketones (excluding diaryl/α,β-unsaturated/α-hetero) is 1. The van der Waals surface area contributed by atoms with E-state index >= 15 is 0 Å². The highest BCUT2D eigenvalue weighted by atomic mass is 16.5. The fraction of sp³-hybridized carbons (Fsp3) is 0.240. The molecule has 0 radical (unpaired) electrons. The van der Waals surface area contributed by atoms with Gasteiger partial charge in [0.15, 0.2) is 17.3 Å². The molecule has 0 aromatic heterocycles. The molecule has 0 aliphatic heterocycles. The van der Waals surface area contributed by atoms with Gasteiger partial charge in [-0.2, -0.15) is 0 Å². The van der Waals surface area contributed by atoms with Crippen molar-refractivity contribution in [3.8, 4) is 17.2 Å². The van der Waals surface area contributed by atoms with Crippen LogP contribution in [0.4, 0.5) is 0 Å². The van der Waals surface area contributed by atoms with Gasteiger partial charge < -0.3 is 19.5 Å². The van der Waals surface area contributed by atoms with Crippen LogP contribution in [0.25, 0.3) is 0 Å². The van der Waals surface area contributed by atoms with Crippen LogP contribution in [0.2, 0.25) is 0 Å². The van der Waals surface area contributed by atoms with E-state index in [2.05, 4.69) is 5.32 Å². The van der Waals surface area contributed by atoms with Gasteiger partial charge in [0.25, 0.3) is 0 Å². The number of methoxy groups -OCH3 is 2. The lowest BCUT2D eigenvalue weighted by Crippen LogP contribution is -2.25. The van der Waals surface area contributed by atoms with Gasteiger partial charge in [0.05, 0.1) is 26.3 Å². The summed E-state index contributed by atoms with van der Waals surface area (Å²) < 4.78 is 16.5. The Morgan fingerprint density at radius 3 is 2.30 bits per heavy atom. The van der Waals surface area contributed by atoms with Crippen molar-refractivity contribution in [3.05, 3.63) is 89.5 Å². The number of ether oxygens (including phenoxy) is 3. The molecule has 5 heteroatoms. The zero-order chi connectivity index (χ0) is 21.2. The van der Waals surface area contributed by atoms with E-state index in [1.165, 1.54) is 0 Å².